The van der Waals surface area contributed by atoms with Crippen LogP contribution in [0.5, 0.6) is 0 Å². The zero-order chi connectivity index (χ0) is 7.66. The first-order valence-corrected chi connectivity index (χ1v) is 4.13. The maximum Gasteiger partial charge on any atom is 0.0431 e. The fourth-order valence-corrected chi connectivity index (χ4v) is 0.931. The van der Waals surface area contributed by atoms with Crippen molar-refractivity contribution in [2.45, 2.75) is 38.5 Å². The number of aliphatic hydroxyl groups is 2. The van der Waals surface area contributed by atoms with Gasteiger partial charge in [-0.05, 0) is 12.8 Å². The van der Waals surface area contributed by atoms with E-state index >= 15 is 0 Å². The summed E-state index contributed by atoms with van der Waals surface area (Å²) in [6, 6.07) is 0. The van der Waals surface area contributed by atoms with Crippen LogP contribution >= 0.6 is 0 Å². The van der Waals surface area contributed by atoms with Crippen LogP contribution in [0.25, 0.3) is 0 Å². The van der Waals surface area contributed by atoms with Crippen molar-refractivity contribution in [3.05, 3.63) is 0 Å². The molecule has 3 heteroatoms. The van der Waals surface area contributed by atoms with E-state index in [-0.39, 0.29) is 4.70 Å². The third-order valence-corrected chi connectivity index (χ3v) is 1.57. The molecule has 70 valence electrons. The second kappa shape index (κ2) is 12.5. The van der Waals surface area contributed by atoms with Crippen LogP contribution in [-0.2, 0) is 0 Å². The van der Waals surface area contributed by atoms with Gasteiger partial charge >= 0.3 is 0 Å². The summed E-state index contributed by atoms with van der Waals surface area (Å²) in [4.78, 5) is 0. The topological polar surface area (TPSA) is 40.5 Å². The highest BCUT2D eigenvalue weighted by Gasteiger charge is 1.88. The molecule has 0 saturated heterocycles. The highest BCUT2D eigenvalue weighted by molar-refractivity contribution is 4.43. The fourth-order valence-electron chi connectivity index (χ4n) is 0.931. The molecule has 0 aliphatic rings. The van der Waals surface area contributed by atoms with Gasteiger partial charge in [0, 0.05) is 13.2 Å². The highest BCUT2D eigenvalue weighted by Crippen LogP contribution is 2.03. The largest absolute Gasteiger partial charge is 0.396 e. The Morgan fingerprint density at radius 1 is 0.545 bits per heavy atom. The molecule has 0 aliphatic carbocycles. The van der Waals surface area contributed by atoms with Gasteiger partial charge in [-0.25, -0.2) is 0 Å². The molecule has 2 nitrogen and oxygen atoms in total. The van der Waals surface area contributed by atoms with Crippen LogP contribution in [-0.4, -0.2) is 23.4 Å². The van der Waals surface area contributed by atoms with Crippen LogP contribution in [0.1, 0.15) is 38.5 Å². The van der Waals surface area contributed by atoms with Crippen molar-refractivity contribution >= 4 is 0 Å². The van der Waals surface area contributed by atoms with E-state index in [0.717, 1.165) is 25.7 Å². The van der Waals surface area contributed by atoms with Crippen LogP contribution in [0.2, 0.25) is 0 Å². The SMILES string of the molecule is F.OCCCCCCCCO. The second-order valence-electron chi connectivity index (χ2n) is 2.57. The smallest absolute Gasteiger partial charge is 0.0431 e. The molecule has 0 amide bonds. The summed E-state index contributed by atoms with van der Waals surface area (Å²) in [6.45, 7) is 0.639. The molecule has 0 saturated carbocycles. The standard InChI is InChI=1S/C8H18O2.FH/c9-7-5-3-1-2-4-6-8-10;/h9-10H,1-8H2;1H. The van der Waals surface area contributed by atoms with Gasteiger partial charge in [-0.15, -0.1) is 0 Å². The summed E-state index contributed by atoms with van der Waals surface area (Å²) >= 11 is 0. The lowest BCUT2D eigenvalue weighted by Gasteiger charge is -1.97. The molecular formula is C8H19FO2. The Bertz CT molecular complexity index is 52.1. The second-order valence-corrected chi connectivity index (χ2v) is 2.57. The zero-order valence-corrected chi connectivity index (χ0v) is 6.96. The molecule has 0 unspecified atom stereocenters. The zero-order valence-electron chi connectivity index (χ0n) is 6.96. The molecule has 0 heterocycles. The Balaban J connectivity index is 0. The van der Waals surface area contributed by atoms with E-state index in [4.69, 9.17) is 10.2 Å². The van der Waals surface area contributed by atoms with E-state index in [1.807, 2.05) is 0 Å². The lowest BCUT2D eigenvalue weighted by molar-refractivity contribution is 0.275. The van der Waals surface area contributed by atoms with Crippen LogP contribution in [0.4, 0.5) is 4.70 Å². The Morgan fingerprint density at radius 2 is 0.818 bits per heavy atom. The molecule has 0 fully saturated rings. The third-order valence-electron chi connectivity index (χ3n) is 1.57. The molecule has 0 aromatic carbocycles. The van der Waals surface area contributed by atoms with Crippen molar-refractivity contribution in [2.24, 2.45) is 0 Å². The van der Waals surface area contributed by atoms with E-state index in [9.17, 15) is 0 Å². The van der Waals surface area contributed by atoms with Crippen molar-refractivity contribution in [2.75, 3.05) is 13.2 Å². The first-order chi connectivity index (χ1) is 4.91. The van der Waals surface area contributed by atoms with Crippen LogP contribution in [0.3, 0.4) is 0 Å². The van der Waals surface area contributed by atoms with E-state index in [0.29, 0.717) is 13.2 Å². The summed E-state index contributed by atoms with van der Waals surface area (Å²) in [5.74, 6) is 0. The number of rotatable bonds is 7. The lowest BCUT2D eigenvalue weighted by Crippen LogP contribution is -1.85. The average Bonchev–Trinajstić information content (AvgIpc) is 1.97. The van der Waals surface area contributed by atoms with Gasteiger partial charge in [-0.2, -0.15) is 0 Å². The van der Waals surface area contributed by atoms with E-state index in [1.54, 1.807) is 0 Å². The number of halogens is 1. The predicted molar refractivity (Wildman–Crippen MR) is 44.4 cm³/mol. The van der Waals surface area contributed by atoms with Crippen molar-refractivity contribution in [1.82, 2.24) is 0 Å². The van der Waals surface area contributed by atoms with Crippen molar-refractivity contribution in [1.29, 1.82) is 0 Å². The van der Waals surface area contributed by atoms with E-state index in [2.05, 4.69) is 0 Å². The van der Waals surface area contributed by atoms with Gasteiger partial charge in [0.15, 0.2) is 0 Å². The molecule has 0 atom stereocenters. The van der Waals surface area contributed by atoms with Gasteiger partial charge < -0.3 is 10.2 Å². The van der Waals surface area contributed by atoms with Gasteiger partial charge in [-0.1, -0.05) is 25.7 Å². The molecule has 0 spiro atoms. The number of aliphatic hydroxyl groups excluding tert-OH is 2. The number of hydrogen-bond acceptors (Lipinski definition) is 2. The van der Waals surface area contributed by atoms with E-state index in [1.165, 1.54) is 12.8 Å². The van der Waals surface area contributed by atoms with Gasteiger partial charge in [0.05, 0.1) is 0 Å². The molecule has 0 aromatic heterocycles. The molecular weight excluding hydrogens is 147 g/mol. The van der Waals surface area contributed by atoms with Crippen molar-refractivity contribution < 1.29 is 14.9 Å². The summed E-state index contributed by atoms with van der Waals surface area (Å²) in [5, 5.41) is 16.9. The van der Waals surface area contributed by atoms with Crippen LogP contribution in [0.15, 0.2) is 0 Å². The van der Waals surface area contributed by atoms with Gasteiger partial charge in [0.25, 0.3) is 0 Å². The highest BCUT2D eigenvalue weighted by atomic mass is 19.0. The van der Waals surface area contributed by atoms with Crippen LogP contribution in [0, 0.1) is 0 Å². The molecule has 0 rings (SSSR count). The third kappa shape index (κ3) is 12.9. The molecule has 0 aliphatic heterocycles. The fraction of sp³-hybridized carbons (Fsp3) is 1.00. The molecule has 0 radical (unpaired) electrons. The number of hydrogen-bond donors (Lipinski definition) is 2. The van der Waals surface area contributed by atoms with Crippen molar-refractivity contribution in [3.8, 4) is 0 Å². The van der Waals surface area contributed by atoms with Crippen LogP contribution < -0.4 is 0 Å². The summed E-state index contributed by atoms with van der Waals surface area (Å²) in [7, 11) is 0. The minimum absolute atomic E-state index is 0. The normalized spacial score (nSPS) is 9.27. The molecule has 2 N–H and O–H groups in total. The maximum atomic E-state index is 8.43. The molecule has 11 heavy (non-hydrogen) atoms. The Labute approximate surface area is 67.6 Å². The number of unbranched alkanes of at least 4 members (excludes halogenated alkanes) is 5. The first-order valence-electron chi connectivity index (χ1n) is 4.13. The molecule has 0 bridgehead atoms. The predicted octanol–water partition coefficient (Wildman–Crippen LogP) is 1.46. The lowest BCUT2D eigenvalue weighted by atomic mass is 10.1. The Morgan fingerprint density at radius 3 is 1.09 bits per heavy atom. The van der Waals surface area contributed by atoms with Crippen molar-refractivity contribution in [3.63, 3.8) is 0 Å². The minimum Gasteiger partial charge on any atom is -0.396 e. The molecule has 0 aromatic rings. The van der Waals surface area contributed by atoms with Gasteiger partial charge in [0.1, 0.15) is 0 Å². The van der Waals surface area contributed by atoms with Gasteiger partial charge in [-0.3, -0.25) is 4.70 Å². The summed E-state index contributed by atoms with van der Waals surface area (Å²) in [6.07, 6.45) is 6.50. The van der Waals surface area contributed by atoms with E-state index < -0.39 is 0 Å². The minimum atomic E-state index is 0. The quantitative estimate of drug-likeness (QED) is 0.562. The Kier molecular flexibility index (Phi) is 15.3. The summed E-state index contributed by atoms with van der Waals surface area (Å²) in [5.41, 5.74) is 0. The monoisotopic (exact) mass is 166 g/mol. The maximum absolute atomic E-state index is 8.43. The Hall–Kier alpha value is -0.150. The first kappa shape index (κ1) is 13.4. The summed E-state index contributed by atoms with van der Waals surface area (Å²) < 4.78 is 0. The van der Waals surface area contributed by atoms with Gasteiger partial charge in [0.2, 0.25) is 0 Å². The average molecular weight is 166 g/mol.